The van der Waals surface area contributed by atoms with Crippen LogP contribution in [0.3, 0.4) is 0 Å². The van der Waals surface area contributed by atoms with Gasteiger partial charge in [-0.25, -0.2) is 0 Å². The first-order valence-corrected chi connectivity index (χ1v) is 6.69. The quantitative estimate of drug-likeness (QED) is 0.587. The average Bonchev–Trinajstić information content (AvgIpc) is 1.84. The summed E-state index contributed by atoms with van der Waals surface area (Å²) < 4.78 is 4.97. The van der Waals surface area contributed by atoms with E-state index in [0.29, 0.717) is 20.3 Å². The van der Waals surface area contributed by atoms with Crippen molar-refractivity contribution < 1.29 is 14.6 Å². The number of ether oxygens (including phenoxy) is 1. The molecule has 0 fully saturated rings. The van der Waals surface area contributed by atoms with Gasteiger partial charge in [-0.3, -0.25) is 0 Å². The van der Waals surface area contributed by atoms with E-state index in [1.54, 1.807) is 20.8 Å². The summed E-state index contributed by atoms with van der Waals surface area (Å²) in [6, 6.07) is 0. The molecule has 0 aliphatic carbocycles. The van der Waals surface area contributed by atoms with E-state index in [1.807, 2.05) is 5.82 Å². The Balaban J connectivity index is 3.87. The second-order valence-electron chi connectivity index (χ2n) is 3.50. The molecule has 0 saturated carbocycles. The number of rotatable bonds is 3. The van der Waals surface area contributed by atoms with Gasteiger partial charge in [0, 0.05) is 0 Å². The fourth-order valence-corrected chi connectivity index (χ4v) is 1.54. The van der Waals surface area contributed by atoms with Crippen molar-refractivity contribution in [1.82, 2.24) is 0 Å². The van der Waals surface area contributed by atoms with E-state index in [-0.39, 0.29) is 0 Å². The Labute approximate surface area is 79.6 Å². The molecule has 1 N–H and O–H groups in total. The van der Waals surface area contributed by atoms with Crippen molar-refractivity contribution in [3.63, 3.8) is 0 Å². The Morgan fingerprint density at radius 2 is 2.08 bits per heavy atom. The monoisotopic (exact) mass is 240 g/mol. The van der Waals surface area contributed by atoms with E-state index in [1.165, 1.54) is 0 Å². The van der Waals surface area contributed by atoms with Crippen LogP contribution in [-0.2, 0) is 9.53 Å². The maximum atomic E-state index is 11.1. The molecule has 0 saturated heterocycles. The molecule has 0 aliphatic heterocycles. The summed E-state index contributed by atoms with van der Waals surface area (Å²) in [4.78, 5) is 11.1. The Bertz CT molecular complexity index is 151. The van der Waals surface area contributed by atoms with Crippen LogP contribution in [0.25, 0.3) is 0 Å². The number of hydrogen-bond acceptors (Lipinski definition) is 3. The molecule has 3 nitrogen and oxygen atoms in total. The van der Waals surface area contributed by atoms with Gasteiger partial charge in [0.05, 0.1) is 0 Å². The van der Waals surface area contributed by atoms with Gasteiger partial charge in [0.15, 0.2) is 0 Å². The van der Waals surface area contributed by atoms with Gasteiger partial charge in [0.1, 0.15) is 0 Å². The molecule has 0 amide bonds. The van der Waals surface area contributed by atoms with Gasteiger partial charge in [-0.2, -0.15) is 0 Å². The van der Waals surface area contributed by atoms with Crippen LogP contribution in [0.5, 0.6) is 0 Å². The van der Waals surface area contributed by atoms with Crippen molar-refractivity contribution in [3.8, 4) is 0 Å². The fraction of sp³-hybridized carbons (Fsp3) is 0.875. The molecule has 0 aliphatic rings. The van der Waals surface area contributed by atoms with Crippen LogP contribution in [0.2, 0.25) is 11.1 Å². The van der Waals surface area contributed by atoms with Crippen molar-refractivity contribution in [3.05, 3.63) is 0 Å². The van der Waals surface area contributed by atoms with Gasteiger partial charge in [0.2, 0.25) is 0 Å². The van der Waals surface area contributed by atoms with Crippen molar-refractivity contribution in [2.45, 2.75) is 43.6 Å². The summed E-state index contributed by atoms with van der Waals surface area (Å²) in [7, 11) is 0. The Morgan fingerprint density at radius 3 is 2.42 bits per heavy atom. The SMILES string of the molecule is C[Se]CC(O)C(=O)OC(C)(C)C. The molecular formula is C8H16O3Se. The standard InChI is InChI=1S/C8H16O3Se/c1-8(2,3)11-7(10)6(9)5-12-4/h6,9H,5H2,1-4H3. The predicted octanol–water partition coefficient (Wildman–Crippen LogP) is 0.860. The molecule has 0 aromatic heterocycles. The van der Waals surface area contributed by atoms with Crippen LogP contribution in [0.1, 0.15) is 20.8 Å². The van der Waals surface area contributed by atoms with Gasteiger partial charge in [0.25, 0.3) is 0 Å². The topological polar surface area (TPSA) is 46.5 Å². The first kappa shape index (κ1) is 11.9. The molecule has 0 rings (SSSR count). The summed E-state index contributed by atoms with van der Waals surface area (Å²) in [6.45, 7) is 5.36. The van der Waals surface area contributed by atoms with Crippen LogP contribution in [-0.4, -0.2) is 37.7 Å². The predicted molar refractivity (Wildman–Crippen MR) is 48.3 cm³/mol. The number of carbonyl (C=O) groups is 1. The first-order chi connectivity index (χ1) is 5.37. The number of aliphatic hydroxyl groups is 1. The number of aliphatic hydroxyl groups excluding tert-OH is 1. The third kappa shape index (κ3) is 5.58. The van der Waals surface area contributed by atoms with Gasteiger partial charge >= 0.3 is 79.2 Å². The number of esters is 1. The van der Waals surface area contributed by atoms with Crippen molar-refractivity contribution in [2.24, 2.45) is 0 Å². The summed E-state index contributed by atoms with van der Waals surface area (Å²) in [5.41, 5.74) is -0.501. The first-order valence-electron chi connectivity index (χ1n) is 3.76. The molecule has 0 aromatic carbocycles. The van der Waals surface area contributed by atoms with Gasteiger partial charge in [-0.1, -0.05) is 0 Å². The van der Waals surface area contributed by atoms with Crippen LogP contribution >= 0.6 is 0 Å². The molecule has 0 spiro atoms. The summed E-state index contributed by atoms with van der Waals surface area (Å²) >= 11 is 0.302. The third-order valence-corrected chi connectivity index (χ3v) is 2.37. The van der Waals surface area contributed by atoms with Crippen molar-refractivity contribution in [2.75, 3.05) is 0 Å². The molecular weight excluding hydrogens is 223 g/mol. The zero-order valence-electron chi connectivity index (χ0n) is 7.96. The molecule has 72 valence electrons. The zero-order chi connectivity index (χ0) is 9.78. The molecule has 0 heterocycles. The van der Waals surface area contributed by atoms with Crippen LogP contribution < -0.4 is 0 Å². The normalized spacial score (nSPS) is 14.1. The molecule has 4 heteroatoms. The summed E-state index contributed by atoms with van der Waals surface area (Å²) in [5, 5.41) is 9.75. The van der Waals surface area contributed by atoms with Crippen LogP contribution in [0.15, 0.2) is 0 Å². The summed E-state index contributed by atoms with van der Waals surface area (Å²) in [6.07, 6.45) is -0.936. The molecule has 1 unspecified atom stereocenters. The molecule has 1 atom stereocenters. The van der Waals surface area contributed by atoms with E-state index in [0.717, 1.165) is 0 Å². The maximum absolute atomic E-state index is 11.1. The van der Waals surface area contributed by atoms with E-state index >= 15 is 0 Å². The van der Waals surface area contributed by atoms with E-state index < -0.39 is 17.7 Å². The van der Waals surface area contributed by atoms with Crippen molar-refractivity contribution >= 4 is 20.9 Å². The molecule has 0 bridgehead atoms. The van der Waals surface area contributed by atoms with Gasteiger partial charge in [-0.15, -0.1) is 0 Å². The minimum atomic E-state index is -0.936. The third-order valence-electron chi connectivity index (χ3n) is 1.00. The second-order valence-corrected chi connectivity index (χ2v) is 5.42. The van der Waals surface area contributed by atoms with Gasteiger partial charge < -0.3 is 0 Å². The minimum absolute atomic E-state index is 0.302. The van der Waals surface area contributed by atoms with Crippen LogP contribution in [0, 0.1) is 0 Å². The Morgan fingerprint density at radius 1 is 1.58 bits per heavy atom. The number of hydrogen-bond donors (Lipinski definition) is 1. The van der Waals surface area contributed by atoms with Crippen LogP contribution in [0.4, 0.5) is 0 Å². The Hall–Kier alpha value is -0.0505. The second kappa shape index (κ2) is 4.85. The zero-order valence-corrected chi connectivity index (χ0v) is 9.67. The van der Waals surface area contributed by atoms with E-state index in [4.69, 9.17) is 4.74 Å². The fourth-order valence-electron chi connectivity index (χ4n) is 0.596. The van der Waals surface area contributed by atoms with E-state index in [9.17, 15) is 9.90 Å². The summed E-state index contributed by atoms with van der Waals surface area (Å²) in [5.74, 6) is 1.46. The van der Waals surface area contributed by atoms with Gasteiger partial charge in [-0.05, 0) is 0 Å². The Kier molecular flexibility index (Phi) is 4.83. The average molecular weight is 239 g/mol. The number of carbonyl (C=O) groups excluding carboxylic acids is 1. The molecule has 0 radical (unpaired) electrons. The van der Waals surface area contributed by atoms with Crippen molar-refractivity contribution in [1.29, 1.82) is 0 Å². The van der Waals surface area contributed by atoms with E-state index in [2.05, 4.69) is 0 Å². The molecule has 0 aromatic rings. The molecule has 12 heavy (non-hydrogen) atoms.